The van der Waals surface area contributed by atoms with Crippen LogP contribution < -0.4 is 5.32 Å². The van der Waals surface area contributed by atoms with E-state index in [2.05, 4.69) is 5.32 Å². The molecule has 1 N–H and O–H groups in total. The van der Waals surface area contributed by atoms with Crippen LogP contribution >= 0.6 is 46.4 Å². The molecule has 0 spiro atoms. The zero-order valence-electron chi connectivity index (χ0n) is 16.1. The zero-order valence-corrected chi connectivity index (χ0v) is 19.2. The molecule has 0 aliphatic carbocycles. The standard InChI is InChI=1S/C20H14Cl4N2O5/c1-8-4-3-5-9(2)18(8)25-10(27)7-31-11(28)6-26-19(29)12-13(20(26)30)15(22)17(24)16(23)14(12)21/h3-5H,6-7H2,1-2H3,(H,25,27). The number of para-hydroxylation sites is 1. The van der Waals surface area contributed by atoms with E-state index in [4.69, 9.17) is 51.1 Å². The van der Waals surface area contributed by atoms with E-state index in [0.717, 1.165) is 11.1 Å². The molecule has 2 aromatic rings. The molecule has 2 aromatic carbocycles. The van der Waals surface area contributed by atoms with E-state index >= 15 is 0 Å². The van der Waals surface area contributed by atoms with Crippen molar-refractivity contribution in [3.63, 3.8) is 0 Å². The molecule has 11 heteroatoms. The molecule has 162 valence electrons. The summed E-state index contributed by atoms with van der Waals surface area (Å²) < 4.78 is 4.91. The molecule has 0 radical (unpaired) electrons. The molecule has 3 amide bonds. The summed E-state index contributed by atoms with van der Waals surface area (Å²) >= 11 is 24.0. The number of imide groups is 1. The van der Waals surface area contributed by atoms with Crippen LogP contribution in [-0.4, -0.2) is 41.7 Å². The molecule has 31 heavy (non-hydrogen) atoms. The number of hydrogen-bond donors (Lipinski definition) is 1. The number of nitrogens with zero attached hydrogens (tertiary/aromatic N) is 1. The zero-order chi connectivity index (χ0) is 23.0. The number of benzene rings is 2. The molecule has 0 aromatic heterocycles. The smallest absolute Gasteiger partial charge is 0.326 e. The van der Waals surface area contributed by atoms with Crippen LogP contribution in [0.3, 0.4) is 0 Å². The molecule has 0 bridgehead atoms. The minimum atomic E-state index is -0.976. The third kappa shape index (κ3) is 4.36. The highest BCUT2D eigenvalue weighted by Crippen LogP contribution is 2.44. The molecule has 7 nitrogen and oxygen atoms in total. The highest BCUT2D eigenvalue weighted by Gasteiger charge is 2.42. The van der Waals surface area contributed by atoms with Gasteiger partial charge in [-0.1, -0.05) is 64.6 Å². The molecule has 0 unspecified atom stereocenters. The van der Waals surface area contributed by atoms with Crippen molar-refractivity contribution >= 4 is 75.8 Å². The van der Waals surface area contributed by atoms with Crippen LogP contribution in [0.5, 0.6) is 0 Å². The number of esters is 1. The molecule has 1 aliphatic heterocycles. The van der Waals surface area contributed by atoms with E-state index in [-0.39, 0.29) is 31.2 Å². The summed E-state index contributed by atoms with van der Waals surface area (Å²) in [7, 11) is 0. The minimum Gasteiger partial charge on any atom is -0.454 e. The van der Waals surface area contributed by atoms with Crippen LogP contribution in [0.15, 0.2) is 18.2 Å². The van der Waals surface area contributed by atoms with E-state index < -0.39 is 36.8 Å². The largest absolute Gasteiger partial charge is 0.454 e. The lowest BCUT2D eigenvalue weighted by Crippen LogP contribution is -2.36. The van der Waals surface area contributed by atoms with Crippen molar-refractivity contribution in [1.82, 2.24) is 4.90 Å². The first-order valence-corrected chi connectivity index (χ1v) is 10.3. The number of halogens is 4. The number of carbonyl (C=O) groups excluding carboxylic acids is 4. The first kappa shape index (κ1) is 23.3. The number of nitrogens with one attached hydrogen (secondary N) is 1. The van der Waals surface area contributed by atoms with Gasteiger partial charge in [-0.2, -0.15) is 0 Å². The fraction of sp³-hybridized carbons (Fsp3) is 0.200. The normalized spacial score (nSPS) is 12.8. The number of amides is 3. The Kier molecular flexibility index (Phi) is 6.81. The Hall–Kier alpha value is -2.32. The Morgan fingerprint density at radius 1 is 0.903 bits per heavy atom. The van der Waals surface area contributed by atoms with Gasteiger partial charge in [-0.05, 0) is 25.0 Å². The summed E-state index contributed by atoms with van der Waals surface area (Å²) in [5, 5.41) is 1.81. The van der Waals surface area contributed by atoms with Gasteiger partial charge in [0.1, 0.15) is 6.54 Å². The lowest BCUT2D eigenvalue weighted by Gasteiger charge is -2.14. The molecular formula is C20H14Cl4N2O5. The Bertz CT molecular complexity index is 1080. The fourth-order valence-electron chi connectivity index (χ4n) is 3.05. The van der Waals surface area contributed by atoms with E-state index in [9.17, 15) is 19.2 Å². The van der Waals surface area contributed by atoms with Gasteiger partial charge < -0.3 is 10.1 Å². The SMILES string of the molecule is Cc1cccc(C)c1NC(=O)COC(=O)CN1C(=O)c2c(Cl)c(Cl)c(Cl)c(Cl)c2C1=O. The van der Waals surface area contributed by atoms with Crippen LogP contribution in [0.25, 0.3) is 0 Å². The molecule has 0 saturated heterocycles. The van der Waals surface area contributed by atoms with Gasteiger partial charge in [0.15, 0.2) is 6.61 Å². The topological polar surface area (TPSA) is 92.8 Å². The number of rotatable bonds is 5. The quantitative estimate of drug-likeness (QED) is 0.276. The predicted octanol–water partition coefficient (Wildman–Crippen LogP) is 4.69. The predicted molar refractivity (Wildman–Crippen MR) is 117 cm³/mol. The monoisotopic (exact) mass is 502 g/mol. The maximum absolute atomic E-state index is 12.6. The number of anilines is 1. The van der Waals surface area contributed by atoms with Crippen molar-refractivity contribution < 1.29 is 23.9 Å². The minimum absolute atomic E-state index is 0.180. The van der Waals surface area contributed by atoms with Crippen molar-refractivity contribution in [2.75, 3.05) is 18.5 Å². The van der Waals surface area contributed by atoms with Crippen LogP contribution in [0.4, 0.5) is 5.69 Å². The number of aryl methyl sites for hydroxylation is 2. The van der Waals surface area contributed by atoms with Gasteiger partial charge in [-0.25, -0.2) is 0 Å². The molecule has 1 heterocycles. The molecule has 1 aliphatic rings. The Morgan fingerprint density at radius 2 is 1.39 bits per heavy atom. The Labute approximate surface area is 197 Å². The van der Waals surface area contributed by atoms with Gasteiger partial charge in [0.05, 0.1) is 31.2 Å². The first-order chi connectivity index (χ1) is 14.5. The number of fused-ring (bicyclic) bond motifs is 1. The van der Waals surface area contributed by atoms with Gasteiger partial charge >= 0.3 is 5.97 Å². The van der Waals surface area contributed by atoms with Crippen molar-refractivity contribution in [2.24, 2.45) is 0 Å². The summed E-state index contributed by atoms with van der Waals surface area (Å²) in [5.41, 5.74) is 1.81. The van der Waals surface area contributed by atoms with Crippen LogP contribution in [0.2, 0.25) is 20.1 Å². The molecule has 3 rings (SSSR count). The summed E-state index contributed by atoms with van der Waals surface area (Å²) in [6.45, 7) is 2.30. The fourth-order valence-corrected chi connectivity index (χ4v) is 4.06. The van der Waals surface area contributed by atoms with Gasteiger partial charge in [-0.15, -0.1) is 0 Å². The maximum Gasteiger partial charge on any atom is 0.326 e. The van der Waals surface area contributed by atoms with Gasteiger partial charge in [0, 0.05) is 5.69 Å². The van der Waals surface area contributed by atoms with E-state index in [0.29, 0.717) is 10.6 Å². The summed E-state index contributed by atoms with van der Waals surface area (Å²) in [6.07, 6.45) is 0. The Balaban J connectivity index is 1.67. The first-order valence-electron chi connectivity index (χ1n) is 8.78. The summed E-state index contributed by atoms with van der Waals surface area (Å²) in [6, 6.07) is 5.50. The average molecular weight is 504 g/mol. The number of carbonyl (C=O) groups is 4. The van der Waals surface area contributed by atoms with Gasteiger partial charge in [0.25, 0.3) is 17.7 Å². The van der Waals surface area contributed by atoms with E-state index in [1.807, 2.05) is 32.0 Å². The van der Waals surface area contributed by atoms with Gasteiger partial charge in [0.2, 0.25) is 0 Å². The second-order valence-corrected chi connectivity index (χ2v) is 8.19. The average Bonchev–Trinajstić information content (AvgIpc) is 2.96. The lowest BCUT2D eigenvalue weighted by atomic mass is 10.1. The van der Waals surface area contributed by atoms with Crippen LogP contribution in [-0.2, 0) is 14.3 Å². The maximum atomic E-state index is 12.6. The Morgan fingerprint density at radius 3 is 1.87 bits per heavy atom. The third-order valence-corrected chi connectivity index (χ3v) is 6.38. The van der Waals surface area contributed by atoms with Gasteiger partial charge in [-0.3, -0.25) is 24.1 Å². The molecular weight excluding hydrogens is 490 g/mol. The van der Waals surface area contributed by atoms with Crippen LogP contribution in [0, 0.1) is 13.8 Å². The number of ether oxygens (including phenoxy) is 1. The second-order valence-electron chi connectivity index (χ2n) is 6.68. The molecule has 0 atom stereocenters. The van der Waals surface area contributed by atoms with E-state index in [1.54, 1.807) is 0 Å². The highest BCUT2D eigenvalue weighted by atomic mass is 35.5. The van der Waals surface area contributed by atoms with Crippen molar-refractivity contribution in [3.8, 4) is 0 Å². The molecule has 0 saturated carbocycles. The molecule has 0 fully saturated rings. The lowest BCUT2D eigenvalue weighted by molar-refractivity contribution is -0.147. The number of hydrogen-bond acceptors (Lipinski definition) is 5. The van der Waals surface area contributed by atoms with E-state index in [1.165, 1.54) is 0 Å². The highest BCUT2D eigenvalue weighted by molar-refractivity contribution is 6.55. The summed E-state index contributed by atoms with van der Waals surface area (Å²) in [5.74, 6) is -3.29. The summed E-state index contributed by atoms with van der Waals surface area (Å²) in [4.78, 5) is 50.1. The third-order valence-electron chi connectivity index (χ3n) is 4.58. The second kappa shape index (κ2) is 9.04. The van der Waals surface area contributed by atoms with Crippen molar-refractivity contribution in [1.29, 1.82) is 0 Å². The van der Waals surface area contributed by atoms with Crippen molar-refractivity contribution in [3.05, 3.63) is 60.5 Å². The van der Waals surface area contributed by atoms with Crippen LogP contribution in [0.1, 0.15) is 31.8 Å². The van der Waals surface area contributed by atoms with Crippen molar-refractivity contribution in [2.45, 2.75) is 13.8 Å².